The molecule has 1 fully saturated rings. The third-order valence-electron chi connectivity index (χ3n) is 6.02. The van der Waals surface area contributed by atoms with Crippen molar-refractivity contribution in [3.8, 4) is 17.2 Å². The Morgan fingerprint density at radius 3 is 2.04 bits per heavy atom. The molecule has 1 nitrogen and oxygen atoms in total. The molecule has 2 aromatic carbocycles. The van der Waals surface area contributed by atoms with Crippen molar-refractivity contribution in [2.75, 3.05) is 0 Å². The van der Waals surface area contributed by atoms with Gasteiger partial charge in [0.05, 0.1) is 12.5 Å². The van der Waals surface area contributed by atoms with E-state index in [9.17, 15) is 0 Å². The predicted molar refractivity (Wildman–Crippen MR) is 110 cm³/mol. The highest BCUT2D eigenvalue weighted by molar-refractivity contribution is 5.64. The smallest absolute Gasteiger partial charge is 0.0669 e. The monoisotopic (exact) mass is 345 g/mol. The molecule has 1 heteroatoms. The first-order valence-corrected chi connectivity index (χ1v) is 10.4. The van der Waals surface area contributed by atoms with Crippen LogP contribution in [0.1, 0.15) is 75.3 Å². The van der Waals surface area contributed by atoms with Gasteiger partial charge in [-0.2, -0.15) is 5.26 Å². The van der Waals surface area contributed by atoms with Crippen molar-refractivity contribution < 1.29 is 0 Å². The van der Waals surface area contributed by atoms with Crippen molar-refractivity contribution in [1.29, 1.82) is 5.26 Å². The normalized spacial score (nSPS) is 19.8. The van der Waals surface area contributed by atoms with Crippen LogP contribution in [0, 0.1) is 17.2 Å². The van der Waals surface area contributed by atoms with Crippen LogP contribution in [0.15, 0.2) is 48.5 Å². The number of nitriles is 1. The van der Waals surface area contributed by atoms with Gasteiger partial charge in [0.25, 0.3) is 0 Å². The predicted octanol–water partition coefficient (Wildman–Crippen LogP) is 7.27. The summed E-state index contributed by atoms with van der Waals surface area (Å²) in [4.78, 5) is 0. The van der Waals surface area contributed by atoms with Gasteiger partial charge in [-0.1, -0.05) is 81.1 Å². The lowest BCUT2D eigenvalue weighted by molar-refractivity contribution is 0.303. The molecule has 1 aliphatic rings. The molecule has 0 bridgehead atoms. The Hall–Kier alpha value is -2.07. The number of nitrogens with zero attached hydrogens (tertiary/aromatic N) is 1. The molecule has 0 saturated heterocycles. The molecule has 26 heavy (non-hydrogen) atoms. The quantitative estimate of drug-likeness (QED) is 0.484. The lowest BCUT2D eigenvalue weighted by Crippen LogP contribution is -2.13. The van der Waals surface area contributed by atoms with Crippen molar-refractivity contribution in [1.82, 2.24) is 0 Å². The van der Waals surface area contributed by atoms with Gasteiger partial charge in [-0.3, -0.25) is 0 Å². The summed E-state index contributed by atoms with van der Waals surface area (Å²) in [6.07, 6.45) is 11.6. The fourth-order valence-electron chi connectivity index (χ4n) is 4.32. The van der Waals surface area contributed by atoms with Gasteiger partial charge in [-0.15, -0.1) is 0 Å². The van der Waals surface area contributed by atoms with Crippen LogP contribution in [0.5, 0.6) is 0 Å². The summed E-state index contributed by atoms with van der Waals surface area (Å²) in [6.45, 7) is 2.29. The van der Waals surface area contributed by atoms with E-state index in [1.807, 2.05) is 0 Å². The van der Waals surface area contributed by atoms with Crippen LogP contribution in [-0.2, 0) is 6.42 Å². The third-order valence-corrected chi connectivity index (χ3v) is 6.02. The van der Waals surface area contributed by atoms with Crippen molar-refractivity contribution in [2.24, 2.45) is 5.92 Å². The van der Waals surface area contributed by atoms with Gasteiger partial charge in [0.15, 0.2) is 0 Å². The van der Waals surface area contributed by atoms with Crippen LogP contribution in [-0.4, -0.2) is 0 Å². The van der Waals surface area contributed by atoms with Crippen LogP contribution in [0.25, 0.3) is 11.1 Å². The topological polar surface area (TPSA) is 23.8 Å². The van der Waals surface area contributed by atoms with E-state index in [1.165, 1.54) is 68.1 Å². The van der Waals surface area contributed by atoms with E-state index < -0.39 is 0 Å². The van der Waals surface area contributed by atoms with Crippen molar-refractivity contribution in [3.63, 3.8) is 0 Å². The van der Waals surface area contributed by atoms with Crippen LogP contribution in [0.3, 0.4) is 0 Å². The second-order valence-electron chi connectivity index (χ2n) is 7.87. The Morgan fingerprint density at radius 1 is 0.846 bits per heavy atom. The van der Waals surface area contributed by atoms with Gasteiger partial charge < -0.3 is 0 Å². The van der Waals surface area contributed by atoms with Crippen molar-refractivity contribution >= 4 is 0 Å². The van der Waals surface area contributed by atoms with E-state index in [0.29, 0.717) is 6.42 Å². The summed E-state index contributed by atoms with van der Waals surface area (Å²) in [6, 6.07) is 19.8. The zero-order valence-electron chi connectivity index (χ0n) is 16.1. The Morgan fingerprint density at radius 2 is 1.46 bits per heavy atom. The Kier molecular flexibility index (Phi) is 6.89. The molecule has 0 unspecified atom stereocenters. The van der Waals surface area contributed by atoms with E-state index in [2.05, 4.69) is 61.5 Å². The minimum absolute atomic E-state index is 0.486. The maximum Gasteiger partial charge on any atom is 0.0669 e. The summed E-state index contributed by atoms with van der Waals surface area (Å²) in [5.41, 5.74) is 5.11. The van der Waals surface area contributed by atoms with E-state index in [1.54, 1.807) is 0 Å². The van der Waals surface area contributed by atoms with E-state index >= 15 is 0 Å². The standard InChI is InChI=1S/C25H31N/c1-2-3-4-5-20-6-10-22(11-7-20)24-14-16-25(17-15-24)23-12-8-21(9-13-23)18-19-26/h8-9,12-17,20,22H,2-7,10-11,18H2,1H3/t20-,22-. The van der Waals surface area contributed by atoms with Gasteiger partial charge in [0, 0.05) is 0 Å². The van der Waals surface area contributed by atoms with Crippen molar-refractivity contribution in [3.05, 3.63) is 59.7 Å². The molecule has 0 amide bonds. The summed E-state index contributed by atoms with van der Waals surface area (Å²) in [5.74, 6) is 1.73. The first-order valence-electron chi connectivity index (χ1n) is 10.4. The summed E-state index contributed by atoms with van der Waals surface area (Å²) in [5, 5.41) is 8.78. The third kappa shape index (κ3) is 4.98. The molecule has 0 atom stereocenters. The number of rotatable bonds is 7. The molecule has 0 heterocycles. The zero-order chi connectivity index (χ0) is 18.2. The Bertz CT molecular complexity index is 697. The Balaban J connectivity index is 1.56. The van der Waals surface area contributed by atoms with Crippen LogP contribution in [0.4, 0.5) is 0 Å². The summed E-state index contributed by atoms with van der Waals surface area (Å²) < 4.78 is 0. The highest BCUT2D eigenvalue weighted by Gasteiger charge is 2.21. The van der Waals surface area contributed by atoms with Gasteiger partial charge in [-0.25, -0.2) is 0 Å². The molecule has 136 valence electrons. The number of benzene rings is 2. The minimum Gasteiger partial charge on any atom is -0.198 e. The molecule has 1 aliphatic carbocycles. The van der Waals surface area contributed by atoms with E-state index in [0.717, 1.165) is 17.4 Å². The lowest BCUT2D eigenvalue weighted by atomic mass is 9.77. The van der Waals surface area contributed by atoms with Crippen LogP contribution in [0.2, 0.25) is 0 Å². The molecule has 0 aromatic heterocycles. The van der Waals surface area contributed by atoms with Crippen LogP contribution >= 0.6 is 0 Å². The number of unbranched alkanes of at least 4 members (excludes halogenated alkanes) is 2. The molecule has 2 aromatic rings. The fourth-order valence-corrected chi connectivity index (χ4v) is 4.32. The summed E-state index contributed by atoms with van der Waals surface area (Å²) >= 11 is 0. The summed E-state index contributed by atoms with van der Waals surface area (Å²) in [7, 11) is 0. The maximum absolute atomic E-state index is 8.78. The molecular weight excluding hydrogens is 314 g/mol. The van der Waals surface area contributed by atoms with E-state index in [4.69, 9.17) is 5.26 Å². The highest BCUT2D eigenvalue weighted by Crippen LogP contribution is 2.38. The number of hydrogen-bond donors (Lipinski definition) is 0. The molecular formula is C25H31N. The molecule has 0 N–H and O–H groups in total. The first-order chi connectivity index (χ1) is 12.8. The van der Waals surface area contributed by atoms with E-state index in [-0.39, 0.29) is 0 Å². The van der Waals surface area contributed by atoms with Gasteiger partial charge in [0.1, 0.15) is 0 Å². The van der Waals surface area contributed by atoms with Gasteiger partial charge in [-0.05, 0) is 59.8 Å². The van der Waals surface area contributed by atoms with Crippen LogP contribution < -0.4 is 0 Å². The van der Waals surface area contributed by atoms with Crippen molar-refractivity contribution in [2.45, 2.75) is 70.6 Å². The average molecular weight is 346 g/mol. The molecule has 0 aliphatic heterocycles. The second-order valence-corrected chi connectivity index (χ2v) is 7.87. The fraction of sp³-hybridized carbons (Fsp3) is 0.480. The first kappa shape index (κ1) is 18.7. The minimum atomic E-state index is 0.486. The average Bonchev–Trinajstić information content (AvgIpc) is 2.70. The molecule has 3 rings (SSSR count). The van der Waals surface area contributed by atoms with Gasteiger partial charge in [0.2, 0.25) is 0 Å². The largest absolute Gasteiger partial charge is 0.198 e. The zero-order valence-corrected chi connectivity index (χ0v) is 16.1. The Labute approximate surface area is 159 Å². The molecule has 0 spiro atoms. The molecule has 1 saturated carbocycles. The van der Waals surface area contributed by atoms with Gasteiger partial charge >= 0.3 is 0 Å². The maximum atomic E-state index is 8.78. The number of hydrogen-bond acceptors (Lipinski definition) is 1. The lowest BCUT2D eigenvalue weighted by Gasteiger charge is -2.29. The SMILES string of the molecule is CCCCC[C@H]1CC[C@H](c2ccc(-c3ccc(CC#N)cc3)cc2)CC1. The second kappa shape index (κ2) is 9.58. The molecule has 0 radical (unpaired) electrons. The highest BCUT2D eigenvalue weighted by atomic mass is 14.3.